The maximum absolute atomic E-state index is 12.8. The molecule has 0 aliphatic heterocycles. The Labute approximate surface area is 125 Å². The van der Waals surface area contributed by atoms with Crippen LogP contribution >= 0.6 is 0 Å². The van der Waals surface area contributed by atoms with E-state index in [9.17, 15) is 18.0 Å². The van der Waals surface area contributed by atoms with Crippen molar-refractivity contribution in [3.8, 4) is 0 Å². The molecule has 1 aromatic heterocycles. The Morgan fingerprint density at radius 3 is 2.68 bits per heavy atom. The number of nitrogens with one attached hydrogen (secondary N) is 2. The highest BCUT2D eigenvalue weighted by molar-refractivity contribution is 5.90. The summed E-state index contributed by atoms with van der Waals surface area (Å²) in [6.07, 6.45) is -1.18. The number of aryl methyl sites for hydroxylation is 1. The zero-order valence-electron chi connectivity index (χ0n) is 11.8. The molecule has 118 valence electrons. The van der Waals surface area contributed by atoms with Crippen LogP contribution in [0.2, 0.25) is 0 Å². The van der Waals surface area contributed by atoms with Gasteiger partial charge in [0.1, 0.15) is 0 Å². The molecule has 0 aliphatic carbocycles. The predicted molar refractivity (Wildman–Crippen MR) is 75.2 cm³/mol. The van der Waals surface area contributed by atoms with Crippen molar-refractivity contribution in [2.75, 3.05) is 5.32 Å². The number of alkyl halides is 3. The molecule has 0 fully saturated rings. The van der Waals surface area contributed by atoms with E-state index in [4.69, 9.17) is 0 Å². The topological polar surface area (TPSA) is 59.0 Å². The first-order valence-corrected chi connectivity index (χ1v) is 6.62. The predicted octanol–water partition coefficient (Wildman–Crippen LogP) is 3.24. The second-order valence-corrected chi connectivity index (χ2v) is 4.56. The molecular weight excluding hydrogens is 297 g/mol. The zero-order valence-corrected chi connectivity index (χ0v) is 11.8. The monoisotopic (exact) mass is 312 g/mol. The van der Waals surface area contributed by atoms with Crippen molar-refractivity contribution in [1.82, 2.24) is 15.1 Å². The summed E-state index contributed by atoms with van der Waals surface area (Å²) in [6, 6.07) is 4.11. The van der Waals surface area contributed by atoms with Gasteiger partial charge in [-0.25, -0.2) is 4.79 Å². The lowest BCUT2D eigenvalue weighted by Crippen LogP contribution is -2.29. The standard InChI is InChI=1S/C14H15F3N4O/c1-2-21-9-10(8-19-21)7-18-13(22)20-12-6-4-3-5-11(12)14(15,16)17/h3-6,8-9H,2,7H2,1H3,(H2,18,20,22). The van der Waals surface area contributed by atoms with Crippen molar-refractivity contribution >= 4 is 11.7 Å². The van der Waals surface area contributed by atoms with Crippen molar-refractivity contribution < 1.29 is 18.0 Å². The highest BCUT2D eigenvalue weighted by atomic mass is 19.4. The number of aromatic nitrogens is 2. The number of rotatable bonds is 4. The number of benzene rings is 1. The van der Waals surface area contributed by atoms with E-state index in [1.807, 2.05) is 6.92 Å². The lowest BCUT2D eigenvalue weighted by atomic mass is 10.1. The first-order chi connectivity index (χ1) is 10.4. The van der Waals surface area contributed by atoms with E-state index in [0.717, 1.165) is 11.6 Å². The molecule has 2 rings (SSSR count). The number of halogens is 3. The number of para-hydroxylation sites is 1. The van der Waals surface area contributed by atoms with E-state index in [2.05, 4.69) is 15.7 Å². The van der Waals surface area contributed by atoms with Gasteiger partial charge in [0.25, 0.3) is 0 Å². The Bertz CT molecular complexity index is 652. The van der Waals surface area contributed by atoms with E-state index >= 15 is 0 Å². The van der Waals surface area contributed by atoms with Crippen LogP contribution in [-0.2, 0) is 19.3 Å². The average molecular weight is 312 g/mol. The summed E-state index contributed by atoms with van der Waals surface area (Å²) < 4.78 is 40.1. The van der Waals surface area contributed by atoms with Gasteiger partial charge in [0, 0.05) is 24.8 Å². The third-order valence-corrected chi connectivity index (χ3v) is 2.94. The Morgan fingerprint density at radius 2 is 2.05 bits per heavy atom. The number of carbonyl (C=O) groups excluding carboxylic acids is 1. The molecule has 0 radical (unpaired) electrons. The summed E-state index contributed by atoms with van der Waals surface area (Å²) >= 11 is 0. The fourth-order valence-corrected chi connectivity index (χ4v) is 1.86. The maximum Gasteiger partial charge on any atom is 0.418 e. The lowest BCUT2D eigenvalue weighted by molar-refractivity contribution is -0.136. The minimum absolute atomic E-state index is 0.181. The van der Waals surface area contributed by atoms with Crippen molar-refractivity contribution in [1.29, 1.82) is 0 Å². The number of anilines is 1. The molecule has 8 heteroatoms. The number of amides is 2. The van der Waals surface area contributed by atoms with Gasteiger partial charge in [-0.05, 0) is 19.1 Å². The summed E-state index contributed by atoms with van der Waals surface area (Å²) in [5.41, 5.74) is -0.401. The smallest absolute Gasteiger partial charge is 0.334 e. The average Bonchev–Trinajstić information content (AvgIpc) is 2.92. The van der Waals surface area contributed by atoms with Gasteiger partial charge in [-0.2, -0.15) is 18.3 Å². The summed E-state index contributed by atoms with van der Waals surface area (Å²) in [5, 5.41) is 8.74. The molecule has 1 heterocycles. The van der Waals surface area contributed by atoms with Crippen molar-refractivity contribution in [3.05, 3.63) is 47.8 Å². The minimum Gasteiger partial charge on any atom is -0.334 e. The number of nitrogens with zero attached hydrogens (tertiary/aromatic N) is 2. The van der Waals surface area contributed by atoms with Crippen LogP contribution in [0, 0.1) is 0 Å². The molecule has 2 aromatic rings. The largest absolute Gasteiger partial charge is 0.418 e. The fourth-order valence-electron chi connectivity index (χ4n) is 1.86. The molecule has 2 amide bonds. The van der Waals surface area contributed by atoms with Gasteiger partial charge in [0.2, 0.25) is 0 Å². The SMILES string of the molecule is CCn1cc(CNC(=O)Nc2ccccc2C(F)(F)F)cn1. The Balaban J connectivity index is 1.98. The molecule has 0 unspecified atom stereocenters. The van der Waals surface area contributed by atoms with Crippen molar-refractivity contribution in [3.63, 3.8) is 0 Å². The second kappa shape index (κ2) is 6.50. The quantitative estimate of drug-likeness (QED) is 0.910. The molecule has 0 atom stereocenters. The van der Waals surface area contributed by atoms with Crippen LogP contribution in [0.4, 0.5) is 23.7 Å². The lowest BCUT2D eigenvalue weighted by Gasteiger charge is -2.13. The molecule has 0 saturated heterocycles. The molecule has 0 bridgehead atoms. The molecular formula is C14H15F3N4O. The number of urea groups is 1. The van der Waals surface area contributed by atoms with Crippen LogP contribution in [-0.4, -0.2) is 15.8 Å². The van der Waals surface area contributed by atoms with Crippen molar-refractivity contribution in [2.45, 2.75) is 26.2 Å². The molecule has 5 nitrogen and oxygen atoms in total. The summed E-state index contributed by atoms with van der Waals surface area (Å²) in [5.74, 6) is 0. The van der Waals surface area contributed by atoms with Crippen LogP contribution in [0.5, 0.6) is 0 Å². The number of hydrogen-bond acceptors (Lipinski definition) is 2. The third kappa shape index (κ3) is 4.00. The summed E-state index contributed by atoms with van der Waals surface area (Å²) in [7, 11) is 0. The molecule has 1 aromatic carbocycles. The number of hydrogen-bond donors (Lipinski definition) is 2. The maximum atomic E-state index is 12.8. The Morgan fingerprint density at radius 1 is 1.32 bits per heavy atom. The molecule has 0 saturated carbocycles. The van der Waals surface area contributed by atoms with E-state index in [1.54, 1.807) is 17.1 Å². The highest BCUT2D eigenvalue weighted by Crippen LogP contribution is 2.34. The zero-order chi connectivity index (χ0) is 16.2. The number of carbonyl (C=O) groups is 1. The highest BCUT2D eigenvalue weighted by Gasteiger charge is 2.33. The van der Waals surface area contributed by atoms with Crippen molar-refractivity contribution in [2.24, 2.45) is 0 Å². The molecule has 0 spiro atoms. The van der Waals surface area contributed by atoms with E-state index < -0.39 is 17.8 Å². The fraction of sp³-hybridized carbons (Fsp3) is 0.286. The third-order valence-electron chi connectivity index (χ3n) is 2.94. The van der Waals surface area contributed by atoms with Crippen LogP contribution < -0.4 is 10.6 Å². The van der Waals surface area contributed by atoms with Gasteiger partial charge in [-0.3, -0.25) is 4.68 Å². The van der Waals surface area contributed by atoms with Crippen LogP contribution in [0.25, 0.3) is 0 Å². The van der Waals surface area contributed by atoms with E-state index in [0.29, 0.717) is 6.54 Å². The molecule has 0 aliphatic rings. The van der Waals surface area contributed by atoms with Gasteiger partial charge in [0.15, 0.2) is 0 Å². The summed E-state index contributed by atoms with van der Waals surface area (Å²) in [4.78, 5) is 11.7. The normalized spacial score (nSPS) is 11.3. The summed E-state index contributed by atoms with van der Waals surface area (Å²) in [6.45, 7) is 2.80. The Kier molecular flexibility index (Phi) is 4.69. The molecule has 22 heavy (non-hydrogen) atoms. The second-order valence-electron chi connectivity index (χ2n) is 4.56. The first kappa shape index (κ1) is 15.9. The Hall–Kier alpha value is -2.51. The van der Waals surface area contributed by atoms with Crippen LogP contribution in [0.1, 0.15) is 18.1 Å². The van der Waals surface area contributed by atoms with Gasteiger partial charge < -0.3 is 10.6 Å². The van der Waals surface area contributed by atoms with Gasteiger partial charge in [-0.1, -0.05) is 12.1 Å². The molecule has 2 N–H and O–H groups in total. The minimum atomic E-state index is -4.52. The van der Waals surface area contributed by atoms with E-state index in [-0.39, 0.29) is 12.2 Å². The first-order valence-electron chi connectivity index (χ1n) is 6.62. The van der Waals surface area contributed by atoms with Gasteiger partial charge >= 0.3 is 12.2 Å². The van der Waals surface area contributed by atoms with Crippen LogP contribution in [0.15, 0.2) is 36.7 Å². The van der Waals surface area contributed by atoms with Gasteiger partial charge in [0.05, 0.1) is 17.4 Å². The van der Waals surface area contributed by atoms with Crippen LogP contribution in [0.3, 0.4) is 0 Å². The van der Waals surface area contributed by atoms with Gasteiger partial charge in [-0.15, -0.1) is 0 Å². The van der Waals surface area contributed by atoms with E-state index in [1.165, 1.54) is 18.2 Å².